The second-order valence-corrected chi connectivity index (χ2v) is 6.55. The number of halogens is 2. The molecule has 0 saturated carbocycles. The quantitative estimate of drug-likeness (QED) is 0.855. The molecule has 3 rings (SSSR count). The Morgan fingerprint density at radius 2 is 2.16 bits per heavy atom. The standard InChI is InChI=1S/C15H15Cl2N5O3/c1-20-7-12(15(24)25)21(8-13(20)23)5-9-6-22(19-18-9)11-4-2-3-10(16)14(11)17/h2-4,6,12H,5,7-8H2,1H3,(H,24,25). The summed E-state index contributed by atoms with van der Waals surface area (Å²) in [5, 5.41) is 18.2. The maximum atomic E-state index is 11.9. The summed E-state index contributed by atoms with van der Waals surface area (Å²) < 4.78 is 1.47. The van der Waals surface area contributed by atoms with Crippen LogP contribution in [0.15, 0.2) is 24.4 Å². The van der Waals surface area contributed by atoms with E-state index in [4.69, 9.17) is 23.2 Å². The first-order chi connectivity index (χ1) is 11.9. The van der Waals surface area contributed by atoms with Gasteiger partial charge in [-0.05, 0) is 12.1 Å². The highest BCUT2D eigenvalue weighted by Crippen LogP contribution is 2.28. The Labute approximate surface area is 153 Å². The number of nitrogens with zero attached hydrogens (tertiary/aromatic N) is 5. The van der Waals surface area contributed by atoms with Crippen molar-refractivity contribution in [3.63, 3.8) is 0 Å². The predicted molar refractivity (Wildman–Crippen MR) is 90.8 cm³/mol. The van der Waals surface area contributed by atoms with Crippen LogP contribution in [0.5, 0.6) is 0 Å². The van der Waals surface area contributed by atoms with Gasteiger partial charge >= 0.3 is 5.97 Å². The highest BCUT2D eigenvalue weighted by molar-refractivity contribution is 6.43. The third kappa shape index (κ3) is 3.60. The lowest BCUT2D eigenvalue weighted by atomic mass is 10.1. The van der Waals surface area contributed by atoms with Crippen molar-refractivity contribution in [2.75, 3.05) is 20.1 Å². The predicted octanol–water partition coefficient (Wildman–Crippen LogP) is 1.30. The van der Waals surface area contributed by atoms with Gasteiger partial charge in [0, 0.05) is 20.1 Å². The molecule has 1 aromatic carbocycles. The Kier molecular flexibility index (Phi) is 4.94. The van der Waals surface area contributed by atoms with Crippen LogP contribution in [0.1, 0.15) is 5.69 Å². The topological polar surface area (TPSA) is 91.6 Å². The molecular formula is C15H15Cl2N5O3. The minimum Gasteiger partial charge on any atom is -0.480 e. The van der Waals surface area contributed by atoms with Crippen molar-refractivity contribution >= 4 is 35.1 Å². The number of aliphatic carboxylic acids is 1. The lowest BCUT2D eigenvalue weighted by Crippen LogP contribution is -2.57. The molecule has 1 aliphatic heterocycles. The fraction of sp³-hybridized carbons (Fsp3) is 0.333. The van der Waals surface area contributed by atoms with Gasteiger partial charge in [-0.25, -0.2) is 4.68 Å². The molecule has 1 N–H and O–H groups in total. The third-order valence-corrected chi connectivity index (χ3v) is 4.83. The molecule has 8 nitrogen and oxygen atoms in total. The average molecular weight is 384 g/mol. The minimum atomic E-state index is -0.982. The van der Waals surface area contributed by atoms with Crippen LogP contribution in [0.2, 0.25) is 10.0 Å². The van der Waals surface area contributed by atoms with Gasteiger partial charge in [0.25, 0.3) is 0 Å². The first-order valence-electron chi connectivity index (χ1n) is 7.43. The van der Waals surface area contributed by atoms with Gasteiger partial charge in [-0.3, -0.25) is 14.5 Å². The molecule has 0 radical (unpaired) electrons. The molecule has 1 atom stereocenters. The number of amides is 1. The van der Waals surface area contributed by atoms with Gasteiger partial charge in [0.15, 0.2) is 0 Å². The van der Waals surface area contributed by atoms with Crippen molar-refractivity contribution in [2.24, 2.45) is 0 Å². The Balaban J connectivity index is 1.81. The van der Waals surface area contributed by atoms with Crippen molar-refractivity contribution in [1.82, 2.24) is 24.8 Å². The molecule has 132 valence electrons. The van der Waals surface area contributed by atoms with Gasteiger partial charge in [-0.2, -0.15) is 0 Å². The van der Waals surface area contributed by atoms with Gasteiger partial charge in [0.1, 0.15) is 6.04 Å². The number of carboxylic acids is 1. The zero-order valence-electron chi connectivity index (χ0n) is 13.3. The van der Waals surface area contributed by atoms with E-state index in [1.165, 1.54) is 9.58 Å². The maximum Gasteiger partial charge on any atom is 0.322 e. The Hall–Kier alpha value is -2.16. The maximum absolute atomic E-state index is 11.9. The van der Waals surface area contributed by atoms with Crippen LogP contribution in [-0.4, -0.2) is 68.0 Å². The van der Waals surface area contributed by atoms with Gasteiger partial charge in [-0.15, -0.1) is 5.10 Å². The number of piperazine rings is 1. The summed E-state index contributed by atoms with van der Waals surface area (Å²) in [5.41, 5.74) is 1.09. The summed E-state index contributed by atoms with van der Waals surface area (Å²) >= 11 is 12.2. The van der Waals surface area contributed by atoms with Crippen LogP contribution in [-0.2, 0) is 16.1 Å². The molecule has 25 heavy (non-hydrogen) atoms. The molecule has 2 heterocycles. The SMILES string of the molecule is CN1CC(C(=O)O)N(Cc2cn(-c3cccc(Cl)c3Cl)nn2)CC1=O. The van der Waals surface area contributed by atoms with Crippen LogP contribution in [0, 0.1) is 0 Å². The first-order valence-corrected chi connectivity index (χ1v) is 8.19. The summed E-state index contributed by atoms with van der Waals surface area (Å²) in [6, 6.07) is 4.36. The van der Waals surface area contributed by atoms with Crippen LogP contribution in [0.25, 0.3) is 5.69 Å². The number of aromatic nitrogens is 3. The first kappa shape index (κ1) is 17.7. The number of rotatable bonds is 4. The summed E-state index contributed by atoms with van der Waals surface area (Å²) in [6.07, 6.45) is 1.64. The van der Waals surface area contributed by atoms with Crippen molar-refractivity contribution in [1.29, 1.82) is 0 Å². The number of carbonyl (C=O) groups is 2. The smallest absolute Gasteiger partial charge is 0.322 e. The number of carbonyl (C=O) groups excluding carboxylic acids is 1. The van der Waals surface area contributed by atoms with E-state index in [0.29, 0.717) is 21.4 Å². The number of hydrogen-bond acceptors (Lipinski definition) is 5. The lowest BCUT2D eigenvalue weighted by molar-refractivity contribution is -0.151. The summed E-state index contributed by atoms with van der Waals surface area (Å²) in [5.74, 6) is -1.12. The molecule has 10 heteroatoms. The van der Waals surface area contributed by atoms with Gasteiger partial charge < -0.3 is 10.0 Å². The van der Waals surface area contributed by atoms with Crippen molar-refractivity contribution in [3.8, 4) is 5.69 Å². The van der Waals surface area contributed by atoms with Crippen LogP contribution < -0.4 is 0 Å². The molecule has 1 aliphatic rings. The van der Waals surface area contributed by atoms with Gasteiger partial charge in [0.05, 0.1) is 34.2 Å². The fourth-order valence-corrected chi connectivity index (χ4v) is 3.03. The molecule has 0 spiro atoms. The molecule has 0 aliphatic carbocycles. The molecule has 1 unspecified atom stereocenters. The van der Waals surface area contributed by atoms with Crippen LogP contribution in [0.4, 0.5) is 0 Å². The van der Waals surface area contributed by atoms with E-state index < -0.39 is 12.0 Å². The minimum absolute atomic E-state index is 0.0122. The van der Waals surface area contributed by atoms with E-state index in [2.05, 4.69) is 10.3 Å². The Morgan fingerprint density at radius 1 is 1.40 bits per heavy atom. The zero-order valence-corrected chi connectivity index (χ0v) is 14.8. The summed E-state index contributed by atoms with van der Waals surface area (Å²) in [4.78, 5) is 26.3. The van der Waals surface area contributed by atoms with Crippen molar-refractivity contribution in [2.45, 2.75) is 12.6 Å². The fourth-order valence-electron chi connectivity index (χ4n) is 2.65. The van der Waals surface area contributed by atoms with E-state index in [-0.39, 0.29) is 25.5 Å². The van der Waals surface area contributed by atoms with Crippen LogP contribution in [0.3, 0.4) is 0 Å². The Morgan fingerprint density at radius 3 is 2.88 bits per heavy atom. The normalized spacial score (nSPS) is 18.6. The van der Waals surface area contributed by atoms with E-state index in [0.717, 1.165) is 0 Å². The van der Waals surface area contributed by atoms with E-state index in [1.54, 1.807) is 36.3 Å². The van der Waals surface area contributed by atoms with Gasteiger partial charge in [0.2, 0.25) is 5.91 Å². The molecule has 0 bridgehead atoms. The highest BCUT2D eigenvalue weighted by atomic mass is 35.5. The second kappa shape index (κ2) is 6.99. The van der Waals surface area contributed by atoms with Crippen LogP contribution >= 0.6 is 23.2 Å². The molecule has 2 aromatic rings. The zero-order chi connectivity index (χ0) is 18.1. The number of carboxylic acid groups (broad SMARTS) is 1. The second-order valence-electron chi connectivity index (χ2n) is 5.76. The highest BCUT2D eigenvalue weighted by Gasteiger charge is 2.35. The third-order valence-electron chi connectivity index (χ3n) is 4.02. The van der Waals surface area contributed by atoms with E-state index in [1.807, 2.05) is 0 Å². The Bertz CT molecular complexity index is 825. The lowest BCUT2D eigenvalue weighted by Gasteiger charge is -2.36. The molecule has 1 amide bonds. The van der Waals surface area contributed by atoms with E-state index in [9.17, 15) is 14.7 Å². The average Bonchev–Trinajstić information content (AvgIpc) is 3.01. The van der Waals surface area contributed by atoms with Crippen molar-refractivity contribution < 1.29 is 14.7 Å². The van der Waals surface area contributed by atoms with Crippen molar-refractivity contribution in [3.05, 3.63) is 40.1 Å². The molecular weight excluding hydrogens is 369 g/mol. The molecule has 1 aromatic heterocycles. The largest absolute Gasteiger partial charge is 0.480 e. The molecule has 1 saturated heterocycles. The monoisotopic (exact) mass is 383 g/mol. The molecule has 1 fully saturated rings. The van der Waals surface area contributed by atoms with Gasteiger partial charge in [-0.1, -0.05) is 34.5 Å². The summed E-state index contributed by atoms with van der Waals surface area (Å²) in [6.45, 7) is 0.329. The van der Waals surface area contributed by atoms with E-state index >= 15 is 0 Å². The number of likely N-dealkylation sites (N-methyl/N-ethyl adjacent to an activating group) is 1. The number of hydrogen-bond donors (Lipinski definition) is 1. The number of benzene rings is 1. The summed E-state index contributed by atoms with van der Waals surface area (Å²) in [7, 11) is 1.59.